The molecule has 10 heteroatoms. The Morgan fingerprint density at radius 3 is 2.30 bits per heavy atom. The highest BCUT2D eigenvalue weighted by Crippen LogP contribution is 2.27. The average molecular weight is 457 g/mol. The monoisotopic (exact) mass is 456 g/mol. The molecule has 0 aromatic heterocycles. The maximum Gasteiger partial charge on any atom is 0.338 e. The van der Waals surface area contributed by atoms with Crippen LogP contribution in [0.2, 0.25) is 5.02 Å². The molecular weight excluding hydrogens is 435 g/mol. The van der Waals surface area contributed by atoms with Crippen LogP contribution >= 0.6 is 11.6 Å². The minimum absolute atomic E-state index is 0.0939. The van der Waals surface area contributed by atoms with Crippen molar-refractivity contribution in [1.82, 2.24) is 0 Å². The van der Waals surface area contributed by atoms with Crippen LogP contribution in [0.25, 0.3) is 0 Å². The first-order valence-electron chi connectivity index (χ1n) is 9.11. The third kappa shape index (κ3) is 5.70. The van der Waals surface area contributed by atoms with E-state index in [1.165, 1.54) is 30.3 Å². The number of rotatable bonds is 8. The molecule has 0 spiro atoms. The van der Waals surface area contributed by atoms with Crippen molar-refractivity contribution in [2.45, 2.75) is 26.3 Å². The van der Waals surface area contributed by atoms with Crippen LogP contribution in [0.1, 0.15) is 30.6 Å². The zero-order valence-electron chi connectivity index (χ0n) is 16.7. The van der Waals surface area contributed by atoms with E-state index in [-0.39, 0.29) is 35.0 Å². The molecule has 1 amide bonds. The van der Waals surface area contributed by atoms with E-state index in [1.807, 2.05) is 0 Å². The maximum absolute atomic E-state index is 13.3. The number of carbonyl (C=O) groups is 2. The number of anilines is 2. The summed E-state index contributed by atoms with van der Waals surface area (Å²) in [5.74, 6) is -1.71. The summed E-state index contributed by atoms with van der Waals surface area (Å²) < 4.78 is 43.9. The molecule has 1 N–H and O–H groups in total. The van der Waals surface area contributed by atoms with Crippen molar-refractivity contribution in [2.24, 2.45) is 0 Å². The van der Waals surface area contributed by atoms with E-state index < -0.39 is 33.8 Å². The predicted octanol–water partition coefficient (Wildman–Crippen LogP) is 3.84. The number of amides is 1. The first-order chi connectivity index (χ1) is 14.1. The Hall–Kier alpha value is -2.65. The summed E-state index contributed by atoms with van der Waals surface area (Å²) >= 11 is 6.17. The molecule has 0 aliphatic carbocycles. The molecular formula is C20H22ClFN2O5S. The second-order valence-electron chi connectivity index (χ2n) is 6.36. The summed E-state index contributed by atoms with van der Waals surface area (Å²) in [7, 11) is -3.86. The molecule has 0 bridgehead atoms. The molecule has 0 saturated heterocycles. The fourth-order valence-corrected chi connectivity index (χ4v) is 4.26. The minimum Gasteiger partial charge on any atom is -0.462 e. The highest BCUT2D eigenvalue weighted by atomic mass is 35.5. The van der Waals surface area contributed by atoms with Crippen LogP contribution in [0, 0.1) is 5.82 Å². The Kier molecular flexibility index (Phi) is 7.80. The van der Waals surface area contributed by atoms with E-state index in [9.17, 15) is 22.4 Å². The summed E-state index contributed by atoms with van der Waals surface area (Å²) in [6, 6.07) is 7.92. The van der Waals surface area contributed by atoms with Gasteiger partial charge in [-0.05, 0) is 55.8 Å². The van der Waals surface area contributed by atoms with Gasteiger partial charge in [-0.1, -0.05) is 18.5 Å². The summed E-state index contributed by atoms with van der Waals surface area (Å²) in [6.07, 6.45) is 1.11. The third-order valence-corrected chi connectivity index (χ3v) is 5.64. The van der Waals surface area contributed by atoms with Crippen LogP contribution in [0.3, 0.4) is 0 Å². The van der Waals surface area contributed by atoms with E-state index in [1.54, 1.807) is 13.8 Å². The van der Waals surface area contributed by atoms with Crippen molar-refractivity contribution in [1.29, 1.82) is 0 Å². The molecule has 7 nitrogen and oxygen atoms in total. The van der Waals surface area contributed by atoms with E-state index in [0.29, 0.717) is 0 Å². The SMILES string of the molecule is CCOC(=O)c1ccc(NC(=O)[C@@H](CC)N(c2ccc(F)cc2)S(C)(=O)=O)c(Cl)c1. The van der Waals surface area contributed by atoms with Gasteiger partial charge in [0.05, 0.1) is 34.8 Å². The number of carbonyl (C=O) groups excluding carboxylic acids is 2. The Labute approximate surface area is 179 Å². The van der Waals surface area contributed by atoms with Gasteiger partial charge in [0.1, 0.15) is 11.9 Å². The van der Waals surface area contributed by atoms with E-state index in [4.69, 9.17) is 16.3 Å². The fraction of sp³-hybridized carbons (Fsp3) is 0.300. The van der Waals surface area contributed by atoms with Gasteiger partial charge < -0.3 is 10.1 Å². The Bertz CT molecular complexity index is 1030. The van der Waals surface area contributed by atoms with Crippen molar-refractivity contribution >= 4 is 44.9 Å². The summed E-state index contributed by atoms with van der Waals surface area (Å²) in [4.78, 5) is 24.7. The molecule has 0 aliphatic rings. The molecule has 2 aromatic rings. The minimum atomic E-state index is -3.86. The first kappa shape index (κ1) is 23.6. The molecule has 30 heavy (non-hydrogen) atoms. The van der Waals surface area contributed by atoms with Gasteiger partial charge in [-0.15, -0.1) is 0 Å². The lowest BCUT2D eigenvalue weighted by Crippen LogP contribution is -2.47. The topological polar surface area (TPSA) is 92.8 Å². The van der Waals surface area contributed by atoms with Crippen molar-refractivity contribution in [3.63, 3.8) is 0 Å². The number of nitrogens with zero attached hydrogens (tertiary/aromatic N) is 1. The van der Waals surface area contributed by atoms with Crippen molar-refractivity contribution in [3.8, 4) is 0 Å². The quantitative estimate of drug-likeness (QED) is 0.609. The Morgan fingerprint density at radius 2 is 1.80 bits per heavy atom. The van der Waals surface area contributed by atoms with Crippen molar-refractivity contribution in [2.75, 3.05) is 22.5 Å². The van der Waals surface area contributed by atoms with Gasteiger partial charge in [-0.3, -0.25) is 9.10 Å². The van der Waals surface area contributed by atoms with Crippen LogP contribution in [-0.2, 0) is 19.6 Å². The number of nitrogens with one attached hydrogen (secondary N) is 1. The van der Waals surface area contributed by atoms with Gasteiger partial charge in [-0.25, -0.2) is 17.6 Å². The smallest absolute Gasteiger partial charge is 0.338 e. The molecule has 2 aromatic carbocycles. The highest BCUT2D eigenvalue weighted by Gasteiger charge is 2.32. The number of ether oxygens (including phenoxy) is 1. The van der Waals surface area contributed by atoms with E-state index in [0.717, 1.165) is 22.7 Å². The van der Waals surface area contributed by atoms with Crippen LogP contribution in [-0.4, -0.2) is 39.2 Å². The first-order valence-corrected chi connectivity index (χ1v) is 11.3. The van der Waals surface area contributed by atoms with Crippen LogP contribution in [0.15, 0.2) is 42.5 Å². The zero-order valence-corrected chi connectivity index (χ0v) is 18.3. The van der Waals surface area contributed by atoms with Crippen LogP contribution in [0.5, 0.6) is 0 Å². The average Bonchev–Trinajstić information content (AvgIpc) is 2.67. The van der Waals surface area contributed by atoms with Gasteiger partial charge in [0.2, 0.25) is 15.9 Å². The third-order valence-electron chi connectivity index (χ3n) is 4.15. The molecule has 0 aliphatic heterocycles. The number of hydrogen-bond donors (Lipinski definition) is 1. The lowest BCUT2D eigenvalue weighted by atomic mass is 10.1. The standard InChI is InChI=1S/C20H22ClFN2O5S/c1-4-18(24(30(3,27)28)15-9-7-14(22)8-10-15)19(25)23-17-11-6-13(12-16(17)21)20(26)29-5-2/h6-12,18H,4-5H2,1-3H3,(H,23,25)/t18-/m1/s1. The molecule has 162 valence electrons. The number of halogens is 2. The highest BCUT2D eigenvalue weighted by molar-refractivity contribution is 7.92. The zero-order chi connectivity index (χ0) is 22.5. The van der Waals surface area contributed by atoms with Gasteiger partial charge in [0, 0.05) is 0 Å². The molecule has 2 rings (SSSR count). The molecule has 0 saturated carbocycles. The number of benzene rings is 2. The molecule has 0 unspecified atom stereocenters. The number of esters is 1. The largest absolute Gasteiger partial charge is 0.462 e. The van der Waals surface area contributed by atoms with Crippen LogP contribution < -0.4 is 9.62 Å². The van der Waals surface area contributed by atoms with Gasteiger partial charge in [-0.2, -0.15) is 0 Å². The van der Waals surface area contributed by atoms with Gasteiger partial charge in [0.25, 0.3) is 0 Å². The lowest BCUT2D eigenvalue weighted by Gasteiger charge is -2.30. The number of sulfonamides is 1. The van der Waals surface area contributed by atoms with E-state index in [2.05, 4.69) is 5.32 Å². The fourth-order valence-electron chi connectivity index (χ4n) is 2.82. The summed E-state index contributed by atoms with van der Waals surface area (Å²) in [5.41, 5.74) is 0.585. The Morgan fingerprint density at radius 1 is 1.17 bits per heavy atom. The summed E-state index contributed by atoms with van der Waals surface area (Å²) in [6.45, 7) is 3.53. The predicted molar refractivity (Wildman–Crippen MR) is 114 cm³/mol. The molecule has 0 heterocycles. The lowest BCUT2D eigenvalue weighted by molar-refractivity contribution is -0.117. The molecule has 1 atom stereocenters. The van der Waals surface area contributed by atoms with Gasteiger partial charge in [0.15, 0.2) is 0 Å². The van der Waals surface area contributed by atoms with Crippen molar-refractivity contribution in [3.05, 3.63) is 58.9 Å². The maximum atomic E-state index is 13.3. The molecule has 0 fully saturated rings. The summed E-state index contributed by atoms with van der Waals surface area (Å²) in [5, 5.41) is 2.68. The second kappa shape index (κ2) is 9.90. The molecule has 0 radical (unpaired) electrons. The number of hydrogen-bond acceptors (Lipinski definition) is 5. The van der Waals surface area contributed by atoms with E-state index >= 15 is 0 Å². The van der Waals surface area contributed by atoms with Crippen LogP contribution in [0.4, 0.5) is 15.8 Å². The normalized spacial score (nSPS) is 12.2. The second-order valence-corrected chi connectivity index (χ2v) is 8.63. The van der Waals surface area contributed by atoms with Gasteiger partial charge >= 0.3 is 5.97 Å². The Balaban J connectivity index is 2.32. The van der Waals surface area contributed by atoms with Crippen molar-refractivity contribution < 1.29 is 27.1 Å².